The fraction of sp³-hybridized carbons (Fsp3) is 0.200. The number of pyridine rings is 1. The lowest BCUT2D eigenvalue weighted by Crippen LogP contribution is -2.08. The normalized spacial score (nSPS) is 10.8. The molecule has 0 radical (unpaired) electrons. The molecule has 1 aromatic carbocycles. The zero-order valence-electron chi connectivity index (χ0n) is 11.0. The summed E-state index contributed by atoms with van der Waals surface area (Å²) in [5.74, 6) is 1.06. The summed E-state index contributed by atoms with van der Waals surface area (Å²) in [6.07, 6.45) is 6.46. The fourth-order valence-electron chi connectivity index (χ4n) is 2.18. The van der Waals surface area contributed by atoms with Crippen LogP contribution in [-0.4, -0.2) is 26.4 Å². The van der Waals surface area contributed by atoms with Gasteiger partial charge in [0.1, 0.15) is 11.6 Å². The van der Waals surface area contributed by atoms with Crippen molar-refractivity contribution in [1.82, 2.24) is 14.8 Å². The molecule has 2 aromatic heterocycles. The summed E-state index contributed by atoms with van der Waals surface area (Å²) < 4.78 is 1.91. The summed E-state index contributed by atoms with van der Waals surface area (Å²) in [4.78, 5) is 4.34. The maximum Gasteiger partial charge on any atom is 0.133 e. The zero-order chi connectivity index (χ0) is 13.8. The Morgan fingerprint density at radius 1 is 1.20 bits per heavy atom. The van der Waals surface area contributed by atoms with E-state index in [2.05, 4.69) is 15.4 Å². The van der Waals surface area contributed by atoms with Crippen LogP contribution in [0.3, 0.4) is 0 Å². The molecule has 2 N–H and O–H groups in total. The van der Waals surface area contributed by atoms with Gasteiger partial charge >= 0.3 is 0 Å². The molecule has 5 heteroatoms. The van der Waals surface area contributed by atoms with Crippen molar-refractivity contribution in [3.05, 3.63) is 48.9 Å². The Morgan fingerprint density at radius 2 is 2.15 bits per heavy atom. The molecular formula is C15H16N4O. The van der Waals surface area contributed by atoms with Gasteiger partial charge in [0.25, 0.3) is 0 Å². The van der Waals surface area contributed by atoms with E-state index in [9.17, 15) is 5.11 Å². The van der Waals surface area contributed by atoms with Gasteiger partial charge in [0.15, 0.2) is 0 Å². The molecule has 2 heterocycles. The molecule has 0 bridgehead atoms. The molecule has 0 unspecified atom stereocenters. The van der Waals surface area contributed by atoms with Crippen LogP contribution in [0.25, 0.3) is 10.8 Å². The van der Waals surface area contributed by atoms with Crippen molar-refractivity contribution in [3.8, 4) is 5.75 Å². The number of phenolic OH excluding ortho intramolecular Hbond substituents is 1. The third kappa shape index (κ3) is 2.71. The highest BCUT2D eigenvalue weighted by Gasteiger charge is 2.02. The van der Waals surface area contributed by atoms with Crippen molar-refractivity contribution in [3.63, 3.8) is 0 Å². The van der Waals surface area contributed by atoms with Crippen LogP contribution < -0.4 is 5.32 Å². The molecule has 0 aliphatic heterocycles. The van der Waals surface area contributed by atoms with Crippen LogP contribution in [0.5, 0.6) is 5.75 Å². The molecule has 3 rings (SSSR count). The van der Waals surface area contributed by atoms with Crippen molar-refractivity contribution in [2.45, 2.75) is 13.0 Å². The molecule has 102 valence electrons. The molecule has 0 aliphatic rings. The monoisotopic (exact) mass is 268 g/mol. The fourth-order valence-corrected chi connectivity index (χ4v) is 2.18. The van der Waals surface area contributed by atoms with E-state index in [0.29, 0.717) is 0 Å². The number of aryl methyl sites for hydroxylation is 1. The van der Waals surface area contributed by atoms with E-state index >= 15 is 0 Å². The van der Waals surface area contributed by atoms with Crippen LogP contribution in [0, 0.1) is 0 Å². The second-order valence-corrected chi connectivity index (χ2v) is 4.61. The summed E-state index contributed by atoms with van der Waals surface area (Å²) in [5, 5.41) is 19.1. The molecule has 3 aromatic rings. The van der Waals surface area contributed by atoms with Crippen LogP contribution in [0.15, 0.2) is 48.9 Å². The minimum atomic E-state index is 0.255. The number of nitrogens with one attached hydrogen (secondary N) is 1. The van der Waals surface area contributed by atoms with Gasteiger partial charge in [0.05, 0.1) is 0 Å². The van der Waals surface area contributed by atoms with Gasteiger partial charge in [0, 0.05) is 37.1 Å². The minimum absolute atomic E-state index is 0.255. The van der Waals surface area contributed by atoms with Crippen LogP contribution in [-0.2, 0) is 6.54 Å². The van der Waals surface area contributed by atoms with Crippen molar-refractivity contribution in [1.29, 1.82) is 0 Å². The summed E-state index contributed by atoms with van der Waals surface area (Å²) in [5.41, 5.74) is 0. The summed E-state index contributed by atoms with van der Waals surface area (Å²) in [6.45, 7) is 1.68. The molecule has 0 spiro atoms. The zero-order valence-corrected chi connectivity index (χ0v) is 11.0. The third-order valence-corrected chi connectivity index (χ3v) is 3.17. The molecule has 0 fully saturated rings. The quantitative estimate of drug-likeness (QED) is 0.698. The summed E-state index contributed by atoms with van der Waals surface area (Å²) in [7, 11) is 0. The standard InChI is InChI=1S/C15H16N4O/c20-13-4-3-12-5-8-17-15(14(12)11-13)16-6-1-9-19-10-2-7-18-19/h2-5,7-8,10-11,20H,1,6,9H2,(H,16,17). The Kier molecular flexibility index (Phi) is 3.50. The average Bonchev–Trinajstić information content (AvgIpc) is 2.97. The minimum Gasteiger partial charge on any atom is -0.508 e. The van der Waals surface area contributed by atoms with E-state index in [4.69, 9.17) is 0 Å². The maximum absolute atomic E-state index is 9.58. The first kappa shape index (κ1) is 12.5. The van der Waals surface area contributed by atoms with E-state index in [1.165, 1.54) is 0 Å². The number of hydrogen-bond acceptors (Lipinski definition) is 4. The number of rotatable bonds is 5. The Balaban J connectivity index is 1.66. The van der Waals surface area contributed by atoms with Gasteiger partial charge in [-0.2, -0.15) is 5.10 Å². The first-order valence-electron chi connectivity index (χ1n) is 6.62. The van der Waals surface area contributed by atoms with Crippen LogP contribution in [0.1, 0.15) is 6.42 Å². The van der Waals surface area contributed by atoms with Crippen LogP contribution >= 0.6 is 0 Å². The van der Waals surface area contributed by atoms with Crippen LogP contribution in [0.4, 0.5) is 5.82 Å². The van der Waals surface area contributed by atoms with Crippen molar-refractivity contribution >= 4 is 16.6 Å². The van der Waals surface area contributed by atoms with Gasteiger partial charge in [-0.3, -0.25) is 4.68 Å². The highest BCUT2D eigenvalue weighted by Crippen LogP contribution is 2.24. The second-order valence-electron chi connectivity index (χ2n) is 4.61. The number of fused-ring (bicyclic) bond motifs is 1. The highest BCUT2D eigenvalue weighted by molar-refractivity contribution is 5.92. The number of phenols is 1. The number of anilines is 1. The Labute approximate surface area is 116 Å². The number of nitrogens with zero attached hydrogens (tertiary/aromatic N) is 3. The first-order chi connectivity index (χ1) is 9.83. The van der Waals surface area contributed by atoms with E-state index in [-0.39, 0.29) is 5.75 Å². The largest absolute Gasteiger partial charge is 0.508 e. The molecule has 0 atom stereocenters. The predicted octanol–water partition coefficient (Wildman–Crippen LogP) is 2.64. The summed E-state index contributed by atoms with van der Waals surface area (Å²) in [6, 6.07) is 9.16. The van der Waals surface area contributed by atoms with Gasteiger partial charge in [-0.25, -0.2) is 4.98 Å². The second kappa shape index (κ2) is 5.61. The molecule has 0 saturated carbocycles. The first-order valence-corrected chi connectivity index (χ1v) is 6.62. The van der Waals surface area contributed by atoms with E-state index in [0.717, 1.165) is 36.1 Å². The van der Waals surface area contributed by atoms with Crippen molar-refractivity contribution in [2.24, 2.45) is 0 Å². The van der Waals surface area contributed by atoms with Gasteiger partial charge in [-0.1, -0.05) is 6.07 Å². The Morgan fingerprint density at radius 3 is 3.00 bits per heavy atom. The third-order valence-electron chi connectivity index (χ3n) is 3.17. The number of aromatic hydroxyl groups is 1. The lowest BCUT2D eigenvalue weighted by molar-refractivity contribution is 0.476. The molecule has 5 nitrogen and oxygen atoms in total. The van der Waals surface area contributed by atoms with Crippen LogP contribution in [0.2, 0.25) is 0 Å². The number of benzene rings is 1. The lowest BCUT2D eigenvalue weighted by Gasteiger charge is -2.09. The topological polar surface area (TPSA) is 63.0 Å². The predicted molar refractivity (Wildman–Crippen MR) is 78.7 cm³/mol. The molecule has 0 saturated heterocycles. The Bertz CT molecular complexity index is 694. The Hall–Kier alpha value is -2.56. The molecular weight excluding hydrogens is 252 g/mol. The highest BCUT2D eigenvalue weighted by atomic mass is 16.3. The van der Waals surface area contributed by atoms with Crippen molar-refractivity contribution in [2.75, 3.05) is 11.9 Å². The molecule has 0 amide bonds. The SMILES string of the molecule is Oc1ccc2ccnc(NCCCn3cccn3)c2c1. The lowest BCUT2D eigenvalue weighted by atomic mass is 10.1. The average molecular weight is 268 g/mol. The van der Waals surface area contributed by atoms with Gasteiger partial charge in [0.2, 0.25) is 0 Å². The van der Waals surface area contributed by atoms with Crippen molar-refractivity contribution < 1.29 is 5.11 Å². The maximum atomic E-state index is 9.58. The summed E-state index contributed by atoms with van der Waals surface area (Å²) >= 11 is 0. The van der Waals surface area contributed by atoms with E-state index in [1.807, 2.05) is 29.1 Å². The number of hydrogen-bond donors (Lipinski definition) is 2. The van der Waals surface area contributed by atoms with E-state index < -0.39 is 0 Å². The molecule has 0 aliphatic carbocycles. The van der Waals surface area contributed by atoms with E-state index in [1.54, 1.807) is 24.5 Å². The molecule has 20 heavy (non-hydrogen) atoms. The smallest absolute Gasteiger partial charge is 0.133 e. The van der Waals surface area contributed by atoms with Gasteiger partial charge < -0.3 is 10.4 Å². The van der Waals surface area contributed by atoms with Gasteiger partial charge in [-0.05, 0) is 36.1 Å². The van der Waals surface area contributed by atoms with Gasteiger partial charge in [-0.15, -0.1) is 0 Å². The number of aromatic nitrogens is 3.